The van der Waals surface area contributed by atoms with E-state index < -0.39 is 10.0 Å². The van der Waals surface area contributed by atoms with Gasteiger partial charge in [0.25, 0.3) is 10.0 Å². The van der Waals surface area contributed by atoms with Gasteiger partial charge in [-0.1, -0.05) is 30.3 Å². The zero-order valence-electron chi connectivity index (χ0n) is 19.8. The summed E-state index contributed by atoms with van der Waals surface area (Å²) < 4.78 is 45.5. The number of hydrogen-bond donors (Lipinski definition) is 3. The molecule has 0 fully saturated rings. The van der Waals surface area contributed by atoms with Gasteiger partial charge >= 0.3 is 0 Å². The maximum atomic E-state index is 13.1. The lowest BCUT2D eigenvalue weighted by molar-refractivity contribution is 0.228. The predicted molar refractivity (Wildman–Crippen MR) is 137 cm³/mol. The van der Waals surface area contributed by atoms with Crippen molar-refractivity contribution in [3.63, 3.8) is 0 Å². The van der Waals surface area contributed by atoms with Crippen LogP contribution in [0.15, 0.2) is 71.6 Å². The van der Waals surface area contributed by atoms with Crippen molar-refractivity contribution in [2.24, 2.45) is 0 Å². The van der Waals surface area contributed by atoms with Crippen molar-refractivity contribution in [2.45, 2.75) is 11.3 Å². The van der Waals surface area contributed by atoms with Crippen molar-refractivity contribution in [2.75, 3.05) is 37.5 Å². The third-order valence-electron chi connectivity index (χ3n) is 5.14. The van der Waals surface area contributed by atoms with Gasteiger partial charge in [0.15, 0.2) is 23.1 Å². The lowest BCUT2D eigenvalue weighted by Gasteiger charge is -2.19. The highest BCUT2D eigenvalue weighted by molar-refractivity contribution is 7.92. The Bertz CT molecular complexity index is 1450. The molecule has 0 spiro atoms. The molecule has 4 aromatic rings. The number of methoxy groups -OCH3 is 2. The SMILES string of the molecule is COc1cc(Nc2nc3ccccc3nc2NS(=O)(=O)c2ccccc2)c(OCCCO)c(OC)c1. The van der Waals surface area contributed by atoms with Gasteiger partial charge in [0.1, 0.15) is 5.75 Å². The molecular weight excluding hydrogens is 484 g/mol. The van der Waals surface area contributed by atoms with E-state index in [1.54, 1.807) is 48.5 Å². The monoisotopic (exact) mass is 510 g/mol. The zero-order chi connectivity index (χ0) is 25.5. The Kier molecular flexibility index (Phi) is 7.71. The van der Waals surface area contributed by atoms with Gasteiger partial charge in [-0.25, -0.2) is 18.4 Å². The summed E-state index contributed by atoms with van der Waals surface area (Å²) in [6, 6.07) is 18.4. The molecule has 0 amide bonds. The van der Waals surface area contributed by atoms with Crippen molar-refractivity contribution < 1.29 is 27.7 Å². The first kappa shape index (κ1) is 25.0. The average Bonchev–Trinajstić information content (AvgIpc) is 2.90. The molecule has 0 saturated carbocycles. The van der Waals surface area contributed by atoms with Crippen LogP contribution >= 0.6 is 0 Å². The van der Waals surface area contributed by atoms with Crippen molar-refractivity contribution in [3.05, 3.63) is 66.7 Å². The van der Waals surface area contributed by atoms with Crippen LogP contribution in [-0.2, 0) is 10.0 Å². The summed E-state index contributed by atoms with van der Waals surface area (Å²) in [5.74, 6) is 1.36. The molecule has 1 heterocycles. The van der Waals surface area contributed by atoms with Gasteiger partial charge < -0.3 is 24.6 Å². The maximum absolute atomic E-state index is 13.1. The van der Waals surface area contributed by atoms with Crippen LogP contribution in [0.3, 0.4) is 0 Å². The number of fused-ring (bicyclic) bond motifs is 1. The minimum absolute atomic E-state index is 0.000600. The van der Waals surface area contributed by atoms with Crippen LogP contribution in [0, 0.1) is 0 Å². The summed E-state index contributed by atoms with van der Waals surface area (Å²) in [5.41, 5.74) is 1.48. The number of aromatic nitrogens is 2. The Labute approximate surface area is 208 Å². The first-order valence-corrected chi connectivity index (χ1v) is 12.5. The summed E-state index contributed by atoms with van der Waals surface area (Å²) in [4.78, 5) is 9.22. The second kappa shape index (κ2) is 11.1. The third-order valence-corrected chi connectivity index (χ3v) is 6.50. The molecular formula is C25H26N4O6S. The van der Waals surface area contributed by atoms with Gasteiger partial charge in [-0.15, -0.1) is 0 Å². The molecule has 0 saturated heterocycles. The van der Waals surface area contributed by atoms with Gasteiger partial charge in [0, 0.05) is 25.2 Å². The van der Waals surface area contributed by atoms with Crippen molar-refractivity contribution in [3.8, 4) is 17.2 Å². The van der Waals surface area contributed by atoms with Gasteiger partial charge in [-0.2, -0.15) is 0 Å². The summed E-state index contributed by atoms with van der Waals surface area (Å²) >= 11 is 0. The molecule has 0 unspecified atom stereocenters. The Hall–Kier alpha value is -4.09. The van der Waals surface area contributed by atoms with Crippen molar-refractivity contribution in [1.29, 1.82) is 0 Å². The molecule has 10 nitrogen and oxygen atoms in total. The van der Waals surface area contributed by atoms with Gasteiger partial charge in [-0.05, 0) is 24.3 Å². The van der Waals surface area contributed by atoms with Gasteiger partial charge in [0.2, 0.25) is 0 Å². The minimum atomic E-state index is -3.95. The molecule has 0 bridgehead atoms. The number of aliphatic hydroxyl groups is 1. The number of anilines is 3. The fraction of sp³-hybridized carbons (Fsp3) is 0.200. The highest BCUT2D eigenvalue weighted by atomic mass is 32.2. The van der Waals surface area contributed by atoms with E-state index in [1.807, 2.05) is 6.07 Å². The standard InChI is InChI=1S/C25H26N4O6S/c1-33-17-15-21(23(22(16-17)34-2)35-14-8-13-30)28-24-25(27-20-12-7-6-11-19(20)26-24)29-36(31,32)18-9-4-3-5-10-18/h3-7,9-12,15-16,30H,8,13-14H2,1-2H3,(H,26,28)(H,27,29). The number of aliphatic hydroxyl groups excluding tert-OH is 1. The van der Waals surface area contributed by atoms with Crippen LogP contribution in [-0.4, -0.2) is 50.9 Å². The molecule has 188 valence electrons. The molecule has 4 rings (SSSR count). The van der Waals surface area contributed by atoms with E-state index in [4.69, 9.17) is 19.3 Å². The lowest BCUT2D eigenvalue weighted by atomic mass is 10.2. The largest absolute Gasteiger partial charge is 0.497 e. The van der Waals surface area contributed by atoms with Crippen LogP contribution in [0.5, 0.6) is 17.2 Å². The molecule has 11 heteroatoms. The maximum Gasteiger partial charge on any atom is 0.263 e. The minimum Gasteiger partial charge on any atom is -0.497 e. The Morgan fingerprint density at radius 1 is 0.889 bits per heavy atom. The van der Waals surface area contributed by atoms with Crippen molar-refractivity contribution in [1.82, 2.24) is 9.97 Å². The molecule has 3 aromatic carbocycles. The number of nitrogens with zero attached hydrogens (tertiary/aromatic N) is 2. The number of sulfonamides is 1. The second-order valence-corrected chi connectivity index (χ2v) is 9.27. The van der Waals surface area contributed by atoms with Crippen molar-refractivity contribution >= 4 is 38.4 Å². The number of para-hydroxylation sites is 2. The first-order valence-electron chi connectivity index (χ1n) is 11.1. The van der Waals surface area contributed by atoms with E-state index in [0.717, 1.165) is 0 Å². The fourth-order valence-electron chi connectivity index (χ4n) is 3.40. The third kappa shape index (κ3) is 5.58. The summed E-state index contributed by atoms with van der Waals surface area (Å²) in [6.07, 6.45) is 0.409. The van der Waals surface area contributed by atoms with Crippen LogP contribution < -0.4 is 24.2 Å². The number of ether oxygens (including phenoxy) is 3. The quantitative estimate of drug-likeness (QED) is 0.257. The summed E-state index contributed by atoms with van der Waals surface area (Å²) in [6.45, 7) is 0.188. The smallest absolute Gasteiger partial charge is 0.263 e. The predicted octanol–water partition coefficient (Wildman–Crippen LogP) is 3.95. The van der Waals surface area contributed by atoms with E-state index >= 15 is 0 Å². The topological polar surface area (TPSA) is 132 Å². The van der Waals surface area contributed by atoms with Gasteiger partial charge in [-0.3, -0.25) is 4.72 Å². The van der Waals surface area contributed by atoms with Crippen LogP contribution in [0.25, 0.3) is 11.0 Å². The number of hydrogen-bond acceptors (Lipinski definition) is 9. The van der Waals surface area contributed by atoms with E-state index in [1.165, 1.54) is 26.4 Å². The molecule has 1 aromatic heterocycles. The molecule has 0 radical (unpaired) electrons. The zero-order valence-corrected chi connectivity index (χ0v) is 20.6. The van der Waals surface area contributed by atoms with Gasteiger partial charge in [0.05, 0.1) is 42.4 Å². The Morgan fingerprint density at radius 2 is 1.56 bits per heavy atom. The molecule has 0 atom stereocenters. The van der Waals surface area contributed by atoms with E-state index in [-0.39, 0.29) is 29.7 Å². The number of benzene rings is 3. The molecule has 0 aliphatic carbocycles. The molecule has 0 aliphatic heterocycles. The average molecular weight is 511 g/mol. The van der Waals surface area contributed by atoms with E-state index in [9.17, 15) is 8.42 Å². The fourth-order valence-corrected chi connectivity index (χ4v) is 4.43. The van der Waals surface area contributed by atoms with Crippen LogP contribution in [0.1, 0.15) is 6.42 Å². The number of rotatable bonds is 11. The highest BCUT2D eigenvalue weighted by Gasteiger charge is 2.21. The normalized spacial score (nSPS) is 11.2. The molecule has 36 heavy (non-hydrogen) atoms. The summed E-state index contributed by atoms with van der Waals surface area (Å²) in [5, 5.41) is 12.3. The number of nitrogens with one attached hydrogen (secondary N) is 2. The van der Waals surface area contributed by atoms with Crippen LogP contribution in [0.4, 0.5) is 17.3 Å². The molecule has 0 aliphatic rings. The van der Waals surface area contributed by atoms with Crippen LogP contribution in [0.2, 0.25) is 0 Å². The summed E-state index contributed by atoms with van der Waals surface area (Å²) in [7, 11) is -0.944. The lowest BCUT2D eigenvalue weighted by Crippen LogP contribution is -2.16. The Balaban J connectivity index is 1.81. The highest BCUT2D eigenvalue weighted by Crippen LogP contribution is 2.42. The van der Waals surface area contributed by atoms with E-state index in [0.29, 0.717) is 40.4 Å². The Morgan fingerprint density at radius 3 is 2.19 bits per heavy atom. The van der Waals surface area contributed by atoms with E-state index in [2.05, 4.69) is 20.0 Å². The first-order chi connectivity index (χ1) is 17.4. The second-order valence-electron chi connectivity index (χ2n) is 7.59. The molecule has 3 N–H and O–H groups in total.